The summed E-state index contributed by atoms with van der Waals surface area (Å²) >= 11 is 5.99. The molecule has 0 saturated heterocycles. The van der Waals surface area contributed by atoms with E-state index in [2.05, 4.69) is 5.32 Å². The molecule has 0 atom stereocenters. The predicted molar refractivity (Wildman–Crippen MR) is 74.9 cm³/mol. The molecule has 4 nitrogen and oxygen atoms in total. The molecule has 0 unspecified atom stereocenters. The molecule has 1 aliphatic carbocycles. The van der Waals surface area contributed by atoms with Crippen molar-refractivity contribution in [3.8, 4) is 11.5 Å². The van der Waals surface area contributed by atoms with Gasteiger partial charge in [-0.25, -0.2) is 0 Å². The summed E-state index contributed by atoms with van der Waals surface area (Å²) in [6.07, 6.45) is 2.42. The van der Waals surface area contributed by atoms with Gasteiger partial charge in [-0.3, -0.25) is 0 Å². The van der Waals surface area contributed by atoms with Crippen LogP contribution in [0, 0.1) is 0 Å². The van der Waals surface area contributed by atoms with E-state index in [9.17, 15) is 5.11 Å². The lowest BCUT2D eigenvalue weighted by atomic mass is 9.89. The minimum atomic E-state index is 0.153. The fraction of sp³-hybridized carbons (Fsp3) is 0.571. The topological polar surface area (TPSA) is 50.7 Å². The summed E-state index contributed by atoms with van der Waals surface area (Å²) in [4.78, 5) is 0. The smallest absolute Gasteiger partial charge is 0.162 e. The fourth-order valence-electron chi connectivity index (χ4n) is 2.28. The zero-order valence-corrected chi connectivity index (χ0v) is 12.0. The van der Waals surface area contributed by atoms with Crippen LogP contribution < -0.4 is 10.1 Å². The van der Waals surface area contributed by atoms with Crippen molar-refractivity contribution in [1.29, 1.82) is 0 Å². The van der Waals surface area contributed by atoms with E-state index in [1.165, 1.54) is 7.11 Å². The van der Waals surface area contributed by atoms with Gasteiger partial charge in [0.1, 0.15) is 0 Å². The Morgan fingerprint density at radius 1 is 1.42 bits per heavy atom. The van der Waals surface area contributed by atoms with Gasteiger partial charge in [0.05, 0.1) is 13.2 Å². The van der Waals surface area contributed by atoms with Gasteiger partial charge in [0.25, 0.3) is 0 Å². The summed E-state index contributed by atoms with van der Waals surface area (Å²) in [5.74, 6) is 0.560. The van der Waals surface area contributed by atoms with Crippen LogP contribution in [0.4, 0.5) is 0 Å². The van der Waals surface area contributed by atoms with Crippen molar-refractivity contribution in [1.82, 2.24) is 5.32 Å². The van der Waals surface area contributed by atoms with Crippen LogP contribution in [0.5, 0.6) is 11.5 Å². The van der Waals surface area contributed by atoms with Crippen LogP contribution >= 0.6 is 11.6 Å². The Kier molecular flexibility index (Phi) is 4.91. The molecule has 1 aliphatic rings. The molecule has 0 bridgehead atoms. The number of halogens is 1. The molecule has 5 heteroatoms. The highest BCUT2D eigenvalue weighted by molar-refractivity contribution is 6.30. The third-order valence-electron chi connectivity index (χ3n) is 3.42. The summed E-state index contributed by atoms with van der Waals surface area (Å²) in [5, 5.41) is 14.0. The van der Waals surface area contributed by atoms with Gasteiger partial charge in [-0.05, 0) is 25.8 Å². The molecule has 0 radical (unpaired) electrons. The Bertz CT molecular complexity index is 433. The first-order valence-corrected chi connectivity index (χ1v) is 6.92. The number of benzene rings is 1. The van der Waals surface area contributed by atoms with E-state index in [1.807, 2.05) is 6.92 Å². The van der Waals surface area contributed by atoms with E-state index in [0.29, 0.717) is 29.5 Å². The molecule has 1 aromatic rings. The molecule has 1 fully saturated rings. The number of methoxy groups -OCH3 is 1. The number of phenolic OH excluding ortho intramolecular Hbond substituents is 1. The first-order valence-electron chi connectivity index (χ1n) is 6.54. The third kappa shape index (κ3) is 3.53. The maximum atomic E-state index is 10.0. The molecular formula is C14H20ClNO3. The Balaban J connectivity index is 1.88. The number of hydrogen-bond donors (Lipinski definition) is 2. The SMILES string of the molecule is CCOC1CC(NCc2cc(Cl)cc(OC)c2O)C1. The maximum absolute atomic E-state index is 10.0. The van der Waals surface area contributed by atoms with Gasteiger partial charge in [-0.1, -0.05) is 11.6 Å². The van der Waals surface area contributed by atoms with Crippen molar-refractivity contribution in [3.05, 3.63) is 22.7 Å². The zero-order chi connectivity index (χ0) is 13.8. The van der Waals surface area contributed by atoms with Crippen LogP contribution in [-0.4, -0.2) is 31.0 Å². The van der Waals surface area contributed by atoms with Crippen LogP contribution in [0.3, 0.4) is 0 Å². The molecule has 106 valence electrons. The average Bonchev–Trinajstić information content (AvgIpc) is 2.35. The summed E-state index contributed by atoms with van der Waals surface area (Å²) in [5.41, 5.74) is 0.754. The van der Waals surface area contributed by atoms with Crippen LogP contribution in [0.1, 0.15) is 25.3 Å². The van der Waals surface area contributed by atoms with Crippen LogP contribution in [-0.2, 0) is 11.3 Å². The molecule has 0 aromatic heterocycles. The van der Waals surface area contributed by atoms with Crippen molar-refractivity contribution >= 4 is 11.6 Å². The van der Waals surface area contributed by atoms with Crippen molar-refractivity contribution in [3.63, 3.8) is 0 Å². The minimum Gasteiger partial charge on any atom is -0.504 e. The molecule has 2 rings (SSSR count). The molecule has 2 N–H and O–H groups in total. The summed E-state index contributed by atoms with van der Waals surface area (Å²) in [7, 11) is 1.52. The molecule has 1 saturated carbocycles. The van der Waals surface area contributed by atoms with E-state index in [1.54, 1.807) is 12.1 Å². The minimum absolute atomic E-state index is 0.153. The highest BCUT2D eigenvalue weighted by Gasteiger charge is 2.29. The lowest BCUT2D eigenvalue weighted by molar-refractivity contribution is -0.0102. The van der Waals surface area contributed by atoms with E-state index in [-0.39, 0.29) is 5.75 Å². The van der Waals surface area contributed by atoms with Gasteiger partial charge in [-0.15, -0.1) is 0 Å². The monoisotopic (exact) mass is 285 g/mol. The van der Waals surface area contributed by atoms with Crippen LogP contribution in [0.15, 0.2) is 12.1 Å². The van der Waals surface area contributed by atoms with E-state index >= 15 is 0 Å². The first-order chi connectivity index (χ1) is 9.13. The highest BCUT2D eigenvalue weighted by atomic mass is 35.5. The number of ether oxygens (including phenoxy) is 2. The summed E-state index contributed by atoms with van der Waals surface area (Å²) in [6.45, 7) is 3.35. The number of phenols is 1. The van der Waals surface area contributed by atoms with Crippen LogP contribution in [0.2, 0.25) is 5.02 Å². The predicted octanol–water partition coefficient (Wildman–Crippen LogP) is 2.71. The van der Waals surface area contributed by atoms with Gasteiger partial charge >= 0.3 is 0 Å². The largest absolute Gasteiger partial charge is 0.504 e. The highest BCUT2D eigenvalue weighted by Crippen LogP contribution is 2.33. The Hall–Kier alpha value is -0.970. The average molecular weight is 286 g/mol. The van der Waals surface area contributed by atoms with E-state index < -0.39 is 0 Å². The van der Waals surface area contributed by atoms with Gasteiger partial charge in [0.2, 0.25) is 0 Å². The zero-order valence-electron chi connectivity index (χ0n) is 11.3. The normalized spacial score (nSPS) is 22.1. The molecule has 0 aliphatic heterocycles. The second kappa shape index (κ2) is 6.46. The number of hydrogen-bond acceptors (Lipinski definition) is 4. The molecular weight excluding hydrogens is 266 g/mol. The molecule has 0 spiro atoms. The van der Waals surface area contributed by atoms with Gasteiger partial charge < -0.3 is 19.9 Å². The summed E-state index contributed by atoms with van der Waals surface area (Å²) < 4.78 is 10.6. The van der Waals surface area contributed by atoms with Crippen molar-refractivity contribution in [2.24, 2.45) is 0 Å². The van der Waals surface area contributed by atoms with Crippen molar-refractivity contribution < 1.29 is 14.6 Å². The van der Waals surface area contributed by atoms with Gasteiger partial charge in [-0.2, -0.15) is 0 Å². The molecule has 0 amide bonds. The standard InChI is InChI=1S/C14H20ClNO3/c1-3-19-12-6-11(7-12)16-8-9-4-10(15)5-13(18-2)14(9)17/h4-5,11-12,16-17H,3,6-8H2,1-2H3. The number of nitrogens with one attached hydrogen (secondary N) is 1. The third-order valence-corrected chi connectivity index (χ3v) is 3.64. The second-order valence-corrected chi connectivity index (χ2v) is 5.18. The maximum Gasteiger partial charge on any atom is 0.162 e. The van der Waals surface area contributed by atoms with Gasteiger partial charge in [0, 0.05) is 35.8 Å². The first kappa shape index (κ1) is 14.4. The van der Waals surface area contributed by atoms with Gasteiger partial charge in [0.15, 0.2) is 11.5 Å². The summed E-state index contributed by atoms with van der Waals surface area (Å²) in [6, 6.07) is 3.81. The van der Waals surface area contributed by atoms with E-state index in [0.717, 1.165) is 25.0 Å². The molecule has 1 aromatic carbocycles. The lowest BCUT2D eigenvalue weighted by Gasteiger charge is -2.35. The molecule has 19 heavy (non-hydrogen) atoms. The van der Waals surface area contributed by atoms with Crippen molar-refractivity contribution in [2.45, 2.75) is 38.5 Å². The quantitative estimate of drug-likeness (QED) is 0.844. The Morgan fingerprint density at radius 3 is 2.79 bits per heavy atom. The fourth-order valence-corrected chi connectivity index (χ4v) is 2.51. The second-order valence-electron chi connectivity index (χ2n) is 4.74. The Morgan fingerprint density at radius 2 is 2.16 bits per heavy atom. The van der Waals surface area contributed by atoms with Crippen molar-refractivity contribution in [2.75, 3.05) is 13.7 Å². The molecule has 0 heterocycles. The number of aromatic hydroxyl groups is 1. The van der Waals surface area contributed by atoms with E-state index in [4.69, 9.17) is 21.1 Å². The van der Waals surface area contributed by atoms with Crippen LogP contribution in [0.25, 0.3) is 0 Å². The Labute approximate surface area is 118 Å². The number of rotatable bonds is 6. The lowest BCUT2D eigenvalue weighted by Crippen LogP contribution is -2.45.